The van der Waals surface area contributed by atoms with E-state index in [1.165, 1.54) is 0 Å². The Morgan fingerprint density at radius 2 is 1.78 bits per heavy atom. The number of nitrogens with zero attached hydrogens (tertiary/aromatic N) is 2. The third-order valence-electron chi connectivity index (χ3n) is 5.53. The third-order valence-corrected chi connectivity index (χ3v) is 6.92. The number of rotatable bonds is 6. The van der Waals surface area contributed by atoms with Gasteiger partial charge < -0.3 is 10.1 Å². The lowest BCUT2D eigenvalue weighted by Gasteiger charge is -2.31. The van der Waals surface area contributed by atoms with Crippen molar-refractivity contribution in [2.45, 2.75) is 44.2 Å². The number of aromatic nitrogens is 1. The number of hydrogen-bond donors (Lipinski definition) is 1. The van der Waals surface area contributed by atoms with Crippen LogP contribution in [0.1, 0.15) is 54.1 Å². The normalized spacial score (nSPS) is 17.5. The number of ether oxygens (including phenoxy) is 1. The molecule has 1 N–H and O–H groups in total. The average molecular weight is 504 g/mol. The molecule has 0 saturated carbocycles. The summed E-state index contributed by atoms with van der Waals surface area (Å²) in [5.41, 5.74) is 1.81. The van der Waals surface area contributed by atoms with Crippen molar-refractivity contribution in [3.8, 4) is 0 Å². The average Bonchev–Trinajstić information content (AvgIpc) is 3.27. The zero-order valence-corrected chi connectivity index (χ0v) is 21.3. The molecule has 0 spiro atoms. The number of thioether (sulfide) groups is 1. The molecule has 1 fully saturated rings. The highest BCUT2D eigenvalue weighted by atomic mass is 32.2. The fourth-order valence-electron chi connectivity index (χ4n) is 3.97. The molecule has 36 heavy (non-hydrogen) atoms. The maximum absolute atomic E-state index is 13.2. The Labute approximate surface area is 215 Å². The SMILES string of the molecule is CC(C)(C)OC(=O)N1C(CC(=O)Nc2cccc(C(=O)c3ccccc3)c2)CSC1c1cccnc1. The summed E-state index contributed by atoms with van der Waals surface area (Å²) in [7, 11) is 0. The number of benzene rings is 2. The van der Waals surface area contributed by atoms with Crippen molar-refractivity contribution in [1.29, 1.82) is 0 Å². The van der Waals surface area contributed by atoms with E-state index in [9.17, 15) is 14.4 Å². The van der Waals surface area contributed by atoms with Crippen LogP contribution in [0.2, 0.25) is 0 Å². The molecular weight excluding hydrogens is 474 g/mol. The van der Waals surface area contributed by atoms with Crippen molar-refractivity contribution in [2.24, 2.45) is 0 Å². The van der Waals surface area contributed by atoms with Crippen molar-refractivity contribution in [2.75, 3.05) is 11.1 Å². The Morgan fingerprint density at radius 1 is 1.03 bits per heavy atom. The van der Waals surface area contributed by atoms with Crippen molar-refractivity contribution in [3.05, 3.63) is 95.8 Å². The van der Waals surface area contributed by atoms with E-state index in [2.05, 4.69) is 10.3 Å². The lowest BCUT2D eigenvalue weighted by atomic mass is 10.0. The summed E-state index contributed by atoms with van der Waals surface area (Å²) in [5.74, 6) is 0.221. The van der Waals surface area contributed by atoms with E-state index >= 15 is 0 Å². The quantitative estimate of drug-likeness (QED) is 0.435. The summed E-state index contributed by atoms with van der Waals surface area (Å²) in [6.45, 7) is 5.45. The molecule has 0 radical (unpaired) electrons. The number of ketones is 1. The van der Waals surface area contributed by atoms with Crippen LogP contribution in [-0.4, -0.2) is 45.1 Å². The van der Waals surface area contributed by atoms with E-state index in [4.69, 9.17) is 4.74 Å². The molecule has 7 nitrogen and oxygen atoms in total. The van der Waals surface area contributed by atoms with E-state index in [1.807, 2.05) is 51.1 Å². The van der Waals surface area contributed by atoms with E-state index in [0.717, 1.165) is 5.56 Å². The summed E-state index contributed by atoms with van der Waals surface area (Å²) in [6.07, 6.45) is 3.05. The molecule has 1 aliphatic heterocycles. The monoisotopic (exact) mass is 503 g/mol. The number of carbonyl (C=O) groups excluding carboxylic acids is 3. The van der Waals surface area contributed by atoms with Gasteiger partial charge in [-0.3, -0.25) is 19.5 Å². The molecule has 2 amide bonds. The largest absolute Gasteiger partial charge is 0.444 e. The van der Waals surface area contributed by atoms with Crippen LogP contribution in [-0.2, 0) is 9.53 Å². The maximum Gasteiger partial charge on any atom is 0.411 e. The van der Waals surface area contributed by atoms with Crippen LogP contribution >= 0.6 is 11.8 Å². The summed E-state index contributed by atoms with van der Waals surface area (Å²) in [4.78, 5) is 44.8. The van der Waals surface area contributed by atoms with Gasteiger partial charge in [-0.25, -0.2) is 4.79 Å². The standard InChI is InChI=1S/C28H29N3O4S/c1-28(2,3)35-27(34)31-23(18-36-26(31)21-12-8-14-29-17-21)16-24(32)30-22-13-7-11-20(15-22)25(33)19-9-5-4-6-10-19/h4-15,17,23,26H,16,18H2,1-3H3,(H,30,32). The maximum atomic E-state index is 13.2. The first-order valence-electron chi connectivity index (χ1n) is 11.7. The van der Waals surface area contributed by atoms with Crippen molar-refractivity contribution in [3.63, 3.8) is 0 Å². The van der Waals surface area contributed by atoms with Gasteiger partial charge in [0.05, 0.1) is 6.04 Å². The molecule has 186 valence electrons. The predicted molar refractivity (Wildman–Crippen MR) is 141 cm³/mol. The number of hydrogen-bond acceptors (Lipinski definition) is 6. The number of nitrogens with one attached hydrogen (secondary N) is 1. The Kier molecular flexibility index (Phi) is 7.74. The van der Waals surface area contributed by atoms with Gasteiger partial charge in [-0.2, -0.15) is 0 Å². The Bertz CT molecular complexity index is 1230. The topological polar surface area (TPSA) is 88.6 Å². The van der Waals surface area contributed by atoms with Crippen LogP contribution in [0.3, 0.4) is 0 Å². The minimum absolute atomic E-state index is 0.0971. The Balaban J connectivity index is 1.48. The molecular formula is C28H29N3O4S. The van der Waals surface area contributed by atoms with Gasteiger partial charge in [0.15, 0.2) is 5.78 Å². The lowest BCUT2D eigenvalue weighted by molar-refractivity contribution is -0.117. The van der Waals surface area contributed by atoms with Gasteiger partial charge in [-0.05, 0) is 39.0 Å². The molecule has 1 aromatic heterocycles. The highest BCUT2D eigenvalue weighted by molar-refractivity contribution is 7.99. The second-order valence-corrected chi connectivity index (χ2v) is 10.7. The number of pyridine rings is 1. The number of anilines is 1. The molecule has 1 saturated heterocycles. The van der Waals surface area contributed by atoms with Crippen LogP contribution < -0.4 is 5.32 Å². The first-order chi connectivity index (χ1) is 17.2. The van der Waals surface area contributed by atoms with E-state index < -0.39 is 11.7 Å². The Morgan fingerprint density at radius 3 is 2.47 bits per heavy atom. The van der Waals surface area contributed by atoms with Gasteiger partial charge in [0.1, 0.15) is 11.0 Å². The van der Waals surface area contributed by atoms with Crippen LogP contribution in [0.15, 0.2) is 79.1 Å². The van der Waals surface area contributed by atoms with Crippen molar-refractivity contribution < 1.29 is 19.1 Å². The summed E-state index contributed by atoms with van der Waals surface area (Å²) in [6, 6.07) is 19.3. The zero-order valence-electron chi connectivity index (χ0n) is 20.5. The molecule has 0 bridgehead atoms. The Hall–Kier alpha value is -3.65. The lowest BCUT2D eigenvalue weighted by Crippen LogP contribution is -2.43. The predicted octanol–water partition coefficient (Wildman–Crippen LogP) is 5.69. The highest BCUT2D eigenvalue weighted by Gasteiger charge is 2.41. The third kappa shape index (κ3) is 6.31. The molecule has 2 heterocycles. The molecule has 0 aliphatic carbocycles. The molecule has 2 atom stereocenters. The van der Waals surface area contributed by atoms with Gasteiger partial charge in [-0.1, -0.05) is 48.5 Å². The highest BCUT2D eigenvalue weighted by Crippen LogP contribution is 2.43. The minimum atomic E-state index is -0.664. The second kappa shape index (κ2) is 11.0. The fraction of sp³-hybridized carbons (Fsp3) is 0.286. The molecule has 8 heteroatoms. The first kappa shape index (κ1) is 25.4. The molecule has 1 aliphatic rings. The van der Waals surface area contributed by atoms with Gasteiger partial charge in [0, 0.05) is 46.9 Å². The minimum Gasteiger partial charge on any atom is -0.444 e. The van der Waals surface area contributed by atoms with E-state index in [1.54, 1.807) is 65.5 Å². The van der Waals surface area contributed by atoms with Crippen LogP contribution in [0.5, 0.6) is 0 Å². The molecule has 2 aromatic carbocycles. The van der Waals surface area contributed by atoms with E-state index in [-0.39, 0.29) is 29.5 Å². The van der Waals surface area contributed by atoms with Gasteiger partial charge in [-0.15, -0.1) is 11.8 Å². The summed E-state index contributed by atoms with van der Waals surface area (Å²) in [5, 5.41) is 2.59. The van der Waals surface area contributed by atoms with Gasteiger partial charge >= 0.3 is 6.09 Å². The van der Waals surface area contributed by atoms with Crippen molar-refractivity contribution >= 4 is 35.2 Å². The summed E-state index contributed by atoms with van der Waals surface area (Å²) >= 11 is 1.58. The zero-order chi connectivity index (χ0) is 25.7. The van der Waals surface area contributed by atoms with Crippen LogP contribution in [0.25, 0.3) is 0 Å². The van der Waals surface area contributed by atoms with Crippen LogP contribution in [0.4, 0.5) is 10.5 Å². The van der Waals surface area contributed by atoms with E-state index in [0.29, 0.717) is 22.6 Å². The second-order valence-electron chi connectivity index (χ2n) is 9.54. The summed E-state index contributed by atoms with van der Waals surface area (Å²) < 4.78 is 5.67. The molecule has 4 rings (SSSR count). The molecule has 2 unspecified atom stereocenters. The number of amides is 2. The fourth-order valence-corrected chi connectivity index (χ4v) is 5.40. The van der Waals surface area contributed by atoms with Crippen LogP contribution in [0, 0.1) is 0 Å². The van der Waals surface area contributed by atoms with Crippen molar-refractivity contribution in [1.82, 2.24) is 9.88 Å². The molecule has 3 aromatic rings. The van der Waals surface area contributed by atoms with Gasteiger partial charge in [0.2, 0.25) is 5.91 Å². The van der Waals surface area contributed by atoms with Gasteiger partial charge in [0.25, 0.3) is 0 Å². The number of carbonyl (C=O) groups is 3. The first-order valence-corrected chi connectivity index (χ1v) is 12.8. The smallest absolute Gasteiger partial charge is 0.411 e.